The van der Waals surface area contributed by atoms with Crippen molar-refractivity contribution in [2.45, 2.75) is 68.2 Å². The van der Waals surface area contributed by atoms with Crippen LogP contribution < -0.4 is 0 Å². The summed E-state index contributed by atoms with van der Waals surface area (Å²) >= 11 is 1.36. The second-order valence-electron chi connectivity index (χ2n) is 13.9. The molecule has 0 saturated carbocycles. The van der Waals surface area contributed by atoms with Gasteiger partial charge in [-0.25, -0.2) is 0 Å². The molecule has 0 N–H and O–H groups in total. The molecule has 0 heterocycles. The zero-order chi connectivity index (χ0) is 34.7. The predicted octanol–water partition coefficient (Wildman–Crippen LogP) is 14.8. The first-order valence-corrected chi connectivity index (χ1v) is 21.0. The Morgan fingerprint density at radius 2 is 0.885 bits per heavy atom. The number of hydrogen-bond donors (Lipinski definition) is 0. The van der Waals surface area contributed by atoms with E-state index in [1.807, 2.05) is 0 Å². The Morgan fingerprint density at radius 3 is 1.37 bits per heavy atom. The van der Waals surface area contributed by atoms with Crippen LogP contribution in [0.4, 0.5) is 0 Å². The maximum atomic E-state index is 3.06. The molecular formula is C48H54Cl2SiZr-4. The summed E-state index contributed by atoms with van der Waals surface area (Å²) in [6, 6.07) is 41.1. The fourth-order valence-electron chi connectivity index (χ4n) is 7.12. The first-order valence-electron chi connectivity index (χ1n) is 16.8. The van der Waals surface area contributed by atoms with Crippen LogP contribution in [0.2, 0.25) is 0 Å². The molecule has 0 nitrogen and oxygen atoms in total. The number of rotatable bonds is 4. The molecule has 0 bridgehead atoms. The minimum atomic E-state index is 0. The van der Waals surface area contributed by atoms with Gasteiger partial charge >= 0.3 is 30.2 Å². The van der Waals surface area contributed by atoms with Crippen molar-refractivity contribution in [2.24, 2.45) is 0 Å². The van der Waals surface area contributed by atoms with E-state index in [2.05, 4.69) is 178 Å². The topological polar surface area (TPSA) is 0 Å². The van der Waals surface area contributed by atoms with Crippen LogP contribution in [0.1, 0.15) is 64.3 Å². The summed E-state index contributed by atoms with van der Waals surface area (Å²) in [5, 5.41) is 5.40. The van der Waals surface area contributed by atoms with Gasteiger partial charge in [0.2, 0.25) is 0 Å². The van der Waals surface area contributed by atoms with E-state index in [4.69, 9.17) is 0 Å². The van der Waals surface area contributed by atoms with E-state index < -0.39 is 0 Å². The van der Waals surface area contributed by atoms with E-state index in [1.54, 1.807) is 0 Å². The Hall–Kier alpha value is -3.00. The molecule has 0 amide bonds. The molecule has 2 radical (unpaired) electrons. The molecular weight excluding hydrogens is 767 g/mol. The van der Waals surface area contributed by atoms with Gasteiger partial charge in [-0.1, -0.05) is 138 Å². The zero-order valence-corrected chi connectivity index (χ0v) is 37.9. The Labute approximate surface area is 344 Å². The molecule has 272 valence electrons. The Morgan fingerprint density at radius 1 is 0.462 bits per heavy atom. The van der Waals surface area contributed by atoms with Crippen LogP contribution in [0.25, 0.3) is 54.9 Å². The van der Waals surface area contributed by atoms with Gasteiger partial charge in [-0.15, -0.1) is 87.8 Å². The first-order chi connectivity index (χ1) is 22.9. The summed E-state index contributed by atoms with van der Waals surface area (Å²) in [7, 11) is 0. The number of fused-ring (bicyclic) bond motifs is 2. The average molecular weight is 821 g/mol. The van der Waals surface area contributed by atoms with Crippen LogP contribution in [0.5, 0.6) is 0 Å². The molecule has 0 aliphatic rings. The molecule has 7 aromatic carbocycles. The SMILES string of the molecule is Cc1cc(C)cc(-c2cc(-c3cc(C)cc(C)c3)c3cc(C)[cH-]c3c2)c1.Cc1cc(C)cc(-c2cccc3[cH-]c(C(C)C)cc23)c1.Cl.Cl.[CH3-].[CH3-].[Si]=[Zr]. The third-order valence-electron chi connectivity index (χ3n) is 9.03. The van der Waals surface area contributed by atoms with Gasteiger partial charge in [-0.3, -0.25) is 0 Å². The Balaban J connectivity index is 0.000000474. The summed E-state index contributed by atoms with van der Waals surface area (Å²) in [6.07, 6.45) is 0. The molecule has 0 fully saturated rings. The summed E-state index contributed by atoms with van der Waals surface area (Å²) in [5.74, 6) is 0.578. The normalized spacial score (nSPS) is 10.1. The number of halogens is 2. The molecule has 7 aromatic rings. The van der Waals surface area contributed by atoms with Gasteiger partial charge in [0.25, 0.3) is 0 Å². The molecule has 7 rings (SSSR count). The summed E-state index contributed by atoms with van der Waals surface area (Å²) < 4.78 is 0. The van der Waals surface area contributed by atoms with E-state index in [-0.39, 0.29) is 39.7 Å². The molecule has 0 atom stereocenters. The fourth-order valence-corrected chi connectivity index (χ4v) is 7.12. The molecule has 0 aliphatic carbocycles. The molecule has 0 aliphatic heterocycles. The van der Waals surface area contributed by atoms with E-state index in [1.165, 1.54) is 123 Å². The van der Waals surface area contributed by atoms with Gasteiger partial charge in [0.1, 0.15) is 0 Å². The summed E-state index contributed by atoms with van der Waals surface area (Å²) in [5.41, 5.74) is 18.6. The average Bonchev–Trinajstić information content (AvgIpc) is 3.63. The van der Waals surface area contributed by atoms with E-state index in [0.717, 1.165) is 0 Å². The fraction of sp³-hybridized carbons (Fsp3) is 0.208. The molecule has 4 heteroatoms. The third-order valence-corrected chi connectivity index (χ3v) is 9.03. The van der Waals surface area contributed by atoms with E-state index >= 15 is 0 Å². The van der Waals surface area contributed by atoms with Gasteiger partial charge in [-0.05, 0) is 64.2 Å². The Bertz CT molecular complexity index is 2170. The van der Waals surface area contributed by atoms with Crippen molar-refractivity contribution >= 4 is 53.2 Å². The van der Waals surface area contributed by atoms with E-state index in [9.17, 15) is 0 Å². The minimum absolute atomic E-state index is 0. The van der Waals surface area contributed by atoms with Crippen molar-refractivity contribution in [3.63, 3.8) is 0 Å². The van der Waals surface area contributed by atoms with Crippen molar-refractivity contribution in [3.8, 4) is 33.4 Å². The van der Waals surface area contributed by atoms with Crippen LogP contribution in [0, 0.1) is 63.3 Å². The zero-order valence-electron chi connectivity index (χ0n) is 32.8. The molecule has 0 aromatic heterocycles. The first kappa shape index (κ1) is 47.0. The van der Waals surface area contributed by atoms with Gasteiger partial charge in [-0.2, -0.15) is 12.1 Å². The molecule has 0 saturated heterocycles. The number of hydrogen-bond acceptors (Lipinski definition) is 0. The van der Waals surface area contributed by atoms with Crippen molar-refractivity contribution in [2.75, 3.05) is 0 Å². The van der Waals surface area contributed by atoms with E-state index in [0.29, 0.717) is 5.92 Å². The second-order valence-corrected chi connectivity index (χ2v) is 13.9. The van der Waals surface area contributed by atoms with Gasteiger partial charge in [0, 0.05) is 0 Å². The van der Waals surface area contributed by atoms with Crippen molar-refractivity contribution in [1.29, 1.82) is 0 Å². The van der Waals surface area contributed by atoms with Crippen LogP contribution in [0.3, 0.4) is 0 Å². The number of benzene rings is 5. The van der Waals surface area contributed by atoms with Crippen LogP contribution >= 0.6 is 24.8 Å². The van der Waals surface area contributed by atoms with Crippen LogP contribution in [-0.4, -0.2) is 6.88 Å². The van der Waals surface area contributed by atoms with Crippen molar-refractivity contribution in [3.05, 3.63) is 169 Å². The number of aryl methyl sites for hydroxylation is 7. The monoisotopic (exact) mass is 818 g/mol. The molecule has 0 spiro atoms. The molecule has 52 heavy (non-hydrogen) atoms. The second kappa shape index (κ2) is 20.5. The van der Waals surface area contributed by atoms with Crippen LogP contribution in [-0.2, 0) is 23.3 Å². The summed E-state index contributed by atoms with van der Waals surface area (Å²) in [4.78, 5) is 0. The van der Waals surface area contributed by atoms with Gasteiger partial charge in [0.05, 0.1) is 0 Å². The standard InChI is InChI=1S/C26H25.C20H21.2CH3.2ClH.Si.Zr/c1-16-6-17(2)9-21(8-16)22-14-24-12-20(5)13-25(24)26(15-22)23-10-18(3)7-19(4)11-23;1-13(2)17-11-16-6-5-7-19(20(16)12-17)18-9-14(3)8-15(4)10-18;;;;;;/h6-15H,1-5H3;5-13H,1-4H3;2*1H3;2*1H;;/q4*-1;;;;. The predicted molar refractivity (Wildman–Crippen MR) is 236 cm³/mol. The Kier molecular flexibility index (Phi) is 18.5. The van der Waals surface area contributed by atoms with Crippen LogP contribution in [0.15, 0.2) is 109 Å². The quantitative estimate of drug-likeness (QED) is 0.123. The van der Waals surface area contributed by atoms with Crippen molar-refractivity contribution in [1.82, 2.24) is 0 Å². The molecule has 0 unspecified atom stereocenters. The maximum absolute atomic E-state index is 3.06. The van der Waals surface area contributed by atoms with Gasteiger partial charge < -0.3 is 14.9 Å². The summed E-state index contributed by atoms with van der Waals surface area (Å²) in [6.45, 7) is 22.8. The third kappa shape index (κ3) is 11.0. The van der Waals surface area contributed by atoms with Gasteiger partial charge in [0.15, 0.2) is 0 Å². The van der Waals surface area contributed by atoms with Crippen molar-refractivity contribution < 1.29 is 23.3 Å².